The van der Waals surface area contributed by atoms with E-state index in [9.17, 15) is 8.60 Å². The van der Waals surface area contributed by atoms with Crippen molar-refractivity contribution >= 4 is 22.1 Å². The van der Waals surface area contributed by atoms with Gasteiger partial charge in [-0.1, -0.05) is 26.0 Å². The number of nitrogens with zero attached hydrogens (tertiary/aromatic N) is 1. The zero-order valence-corrected chi connectivity index (χ0v) is 13.4. The molecule has 108 valence electrons. The van der Waals surface area contributed by atoms with Crippen LogP contribution in [0.2, 0.25) is 0 Å². The summed E-state index contributed by atoms with van der Waals surface area (Å²) in [5.41, 5.74) is 1.77. The molecule has 2 rings (SSSR count). The predicted molar refractivity (Wildman–Crippen MR) is 82.9 cm³/mol. The third-order valence-electron chi connectivity index (χ3n) is 3.09. The summed E-state index contributed by atoms with van der Waals surface area (Å²) in [6.07, 6.45) is 0. The summed E-state index contributed by atoms with van der Waals surface area (Å²) in [4.78, 5) is 4.51. The molecule has 5 heteroatoms. The summed E-state index contributed by atoms with van der Waals surface area (Å²) in [7, 11) is -1.05. The van der Waals surface area contributed by atoms with Crippen molar-refractivity contribution in [2.45, 2.75) is 37.7 Å². The Labute approximate surface area is 125 Å². The molecule has 1 aromatic heterocycles. The van der Waals surface area contributed by atoms with Crippen LogP contribution in [0.15, 0.2) is 29.6 Å². The highest BCUT2D eigenvalue weighted by Gasteiger charge is 2.16. The quantitative estimate of drug-likeness (QED) is 0.818. The first-order valence-electron chi connectivity index (χ1n) is 6.54. The average molecular weight is 311 g/mol. The second-order valence-corrected chi connectivity index (χ2v) is 7.70. The molecule has 0 saturated carbocycles. The van der Waals surface area contributed by atoms with Crippen molar-refractivity contribution in [1.82, 2.24) is 4.98 Å². The summed E-state index contributed by atoms with van der Waals surface area (Å²) < 4.78 is 25.3. The third-order valence-corrected chi connectivity index (χ3v) is 5.92. The number of aromatic nitrogens is 1. The van der Waals surface area contributed by atoms with E-state index in [1.807, 2.05) is 12.3 Å². The third kappa shape index (κ3) is 3.73. The Kier molecular flexibility index (Phi) is 5.05. The van der Waals surface area contributed by atoms with Gasteiger partial charge >= 0.3 is 0 Å². The van der Waals surface area contributed by atoms with Gasteiger partial charge in [0.15, 0.2) is 0 Å². The molecule has 0 aliphatic carbocycles. The van der Waals surface area contributed by atoms with Gasteiger partial charge in [-0.05, 0) is 24.6 Å². The fourth-order valence-corrected chi connectivity index (χ4v) is 3.90. The Morgan fingerprint density at radius 1 is 1.25 bits per heavy atom. The summed E-state index contributed by atoms with van der Waals surface area (Å²) in [5, 5.41) is 2.93. The fraction of sp³-hybridized carbons (Fsp3) is 0.400. The second-order valence-electron chi connectivity index (χ2n) is 5.05. The SMILES string of the molecule is CC(C)c1nc(CS(=O)C(C)c2ccc(F)cc2)cs1. The Hall–Kier alpha value is -1.07. The molecule has 2 atom stereocenters. The van der Waals surface area contributed by atoms with E-state index in [0.29, 0.717) is 11.7 Å². The number of hydrogen-bond acceptors (Lipinski definition) is 3. The molecular weight excluding hydrogens is 293 g/mol. The summed E-state index contributed by atoms with van der Waals surface area (Å²) in [6, 6.07) is 6.20. The molecule has 2 nitrogen and oxygen atoms in total. The molecule has 2 unspecified atom stereocenters. The minimum absolute atomic E-state index is 0.125. The van der Waals surface area contributed by atoms with Crippen LogP contribution in [0.5, 0.6) is 0 Å². The zero-order chi connectivity index (χ0) is 14.7. The molecule has 0 amide bonds. The van der Waals surface area contributed by atoms with Crippen molar-refractivity contribution in [3.8, 4) is 0 Å². The Morgan fingerprint density at radius 3 is 2.45 bits per heavy atom. The van der Waals surface area contributed by atoms with E-state index in [1.165, 1.54) is 12.1 Å². The first kappa shape index (κ1) is 15.3. The molecule has 0 saturated heterocycles. The van der Waals surface area contributed by atoms with Gasteiger partial charge in [0, 0.05) is 22.1 Å². The van der Waals surface area contributed by atoms with E-state index in [0.717, 1.165) is 16.3 Å². The van der Waals surface area contributed by atoms with Crippen molar-refractivity contribution in [2.24, 2.45) is 0 Å². The van der Waals surface area contributed by atoms with Crippen molar-refractivity contribution < 1.29 is 8.60 Å². The van der Waals surface area contributed by atoms with Gasteiger partial charge < -0.3 is 0 Å². The molecule has 0 aliphatic rings. The molecule has 0 radical (unpaired) electrons. The molecule has 1 heterocycles. The Bertz CT molecular complexity index is 592. The molecule has 0 spiro atoms. The lowest BCUT2D eigenvalue weighted by Gasteiger charge is -2.11. The van der Waals surface area contributed by atoms with Crippen LogP contribution in [0.3, 0.4) is 0 Å². The molecule has 0 aliphatic heterocycles. The van der Waals surface area contributed by atoms with Crippen molar-refractivity contribution in [2.75, 3.05) is 0 Å². The highest BCUT2D eigenvalue weighted by molar-refractivity contribution is 7.84. The molecule has 1 aromatic carbocycles. The van der Waals surface area contributed by atoms with E-state index in [1.54, 1.807) is 23.5 Å². The zero-order valence-electron chi connectivity index (χ0n) is 11.8. The first-order chi connectivity index (χ1) is 9.47. The van der Waals surface area contributed by atoms with Crippen molar-refractivity contribution in [1.29, 1.82) is 0 Å². The topological polar surface area (TPSA) is 30.0 Å². The standard InChI is InChI=1S/C15H18FNOS2/c1-10(2)15-17-14(8-19-15)9-20(18)11(3)12-4-6-13(16)7-5-12/h4-8,10-11H,9H2,1-3H3. The lowest BCUT2D eigenvalue weighted by molar-refractivity contribution is 0.626. The van der Waals surface area contributed by atoms with Gasteiger partial charge in [0.25, 0.3) is 0 Å². The largest absolute Gasteiger partial charge is 0.259 e. The molecule has 2 aromatic rings. The van der Waals surface area contributed by atoms with Gasteiger partial charge in [0.2, 0.25) is 0 Å². The van der Waals surface area contributed by atoms with E-state index >= 15 is 0 Å². The van der Waals surface area contributed by atoms with Crippen LogP contribution < -0.4 is 0 Å². The minimum Gasteiger partial charge on any atom is -0.259 e. The average Bonchev–Trinajstić information content (AvgIpc) is 2.87. The summed E-state index contributed by atoms with van der Waals surface area (Å²) in [6.45, 7) is 6.10. The van der Waals surface area contributed by atoms with Crippen LogP contribution in [0.25, 0.3) is 0 Å². The normalized spacial score (nSPS) is 14.4. The van der Waals surface area contributed by atoms with Gasteiger partial charge in [-0.2, -0.15) is 0 Å². The maximum Gasteiger partial charge on any atom is 0.123 e. The Balaban J connectivity index is 2.05. The van der Waals surface area contributed by atoms with Gasteiger partial charge in [0.1, 0.15) is 5.82 Å². The van der Waals surface area contributed by atoms with Crippen LogP contribution >= 0.6 is 11.3 Å². The van der Waals surface area contributed by atoms with Crippen LogP contribution in [0.4, 0.5) is 4.39 Å². The summed E-state index contributed by atoms with van der Waals surface area (Å²) in [5.74, 6) is 0.575. The highest BCUT2D eigenvalue weighted by atomic mass is 32.2. The maximum absolute atomic E-state index is 12.9. The lowest BCUT2D eigenvalue weighted by atomic mass is 10.2. The number of halogens is 1. The van der Waals surface area contributed by atoms with Crippen molar-refractivity contribution in [3.05, 3.63) is 51.7 Å². The van der Waals surface area contributed by atoms with E-state index in [2.05, 4.69) is 18.8 Å². The van der Waals surface area contributed by atoms with E-state index in [4.69, 9.17) is 0 Å². The van der Waals surface area contributed by atoms with Gasteiger partial charge in [-0.3, -0.25) is 4.21 Å². The minimum atomic E-state index is -1.05. The number of hydrogen-bond donors (Lipinski definition) is 0. The Morgan fingerprint density at radius 2 is 1.90 bits per heavy atom. The molecule has 0 bridgehead atoms. The number of thiazole rings is 1. The molecule has 0 N–H and O–H groups in total. The maximum atomic E-state index is 12.9. The van der Waals surface area contributed by atoms with Crippen LogP contribution in [0.1, 0.15) is 48.2 Å². The molecular formula is C15H18FNOS2. The molecule has 0 fully saturated rings. The smallest absolute Gasteiger partial charge is 0.123 e. The van der Waals surface area contributed by atoms with Gasteiger partial charge in [-0.25, -0.2) is 9.37 Å². The first-order valence-corrected chi connectivity index (χ1v) is 8.80. The van der Waals surface area contributed by atoms with Gasteiger partial charge in [0.05, 0.1) is 21.7 Å². The van der Waals surface area contributed by atoms with E-state index < -0.39 is 10.8 Å². The van der Waals surface area contributed by atoms with Crippen LogP contribution in [0, 0.1) is 5.82 Å². The van der Waals surface area contributed by atoms with Crippen LogP contribution in [-0.4, -0.2) is 9.19 Å². The molecule has 20 heavy (non-hydrogen) atoms. The number of rotatable bonds is 5. The van der Waals surface area contributed by atoms with Crippen molar-refractivity contribution in [3.63, 3.8) is 0 Å². The number of benzene rings is 1. The van der Waals surface area contributed by atoms with Crippen LogP contribution in [-0.2, 0) is 16.6 Å². The fourth-order valence-electron chi connectivity index (χ4n) is 1.81. The monoisotopic (exact) mass is 311 g/mol. The highest BCUT2D eigenvalue weighted by Crippen LogP contribution is 2.24. The lowest BCUT2D eigenvalue weighted by Crippen LogP contribution is -2.06. The van der Waals surface area contributed by atoms with Gasteiger partial charge in [-0.15, -0.1) is 11.3 Å². The summed E-state index contributed by atoms with van der Waals surface area (Å²) >= 11 is 1.61. The predicted octanol–water partition coefficient (Wildman–Crippen LogP) is 4.42. The van der Waals surface area contributed by atoms with E-state index in [-0.39, 0.29) is 11.1 Å². The second kappa shape index (κ2) is 6.59.